The van der Waals surface area contributed by atoms with Crippen LogP contribution in [-0.2, 0) is 151 Å². The first kappa shape index (κ1) is 78.2. The molecule has 0 unspecified atom stereocenters. The molecule has 0 bridgehead atoms. The van der Waals surface area contributed by atoms with Gasteiger partial charge in [-0.05, 0) is 0 Å². The zero-order chi connectivity index (χ0) is 0. The Kier molecular flexibility index (Phi) is 589. The molecule has 0 atom stereocenters. The molecule has 0 aromatic rings. The molecular formula is CoCrFeMnNiScTiV. The van der Waals surface area contributed by atoms with Crippen LogP contribution in [0.3, 0.4) is 0 Å². The average molecular weight is 424 g/mol. The van der Waals surface area contributed by atoms with E-state index in [1.165, 1.54) is 0 Å². The Hall–Kier alpha value is 4.74. The first-order chi connectivity index (χ1) is 0. The van der Waals surface area contributed by atoms with E-state index in [9.17, 15) is 0 Å². The maximum atomic E-state index is 0. The van der Waals surface area contributed by atoms with Crippen molar-refractivity contribution in [1.82, 2.24) is 0 Å². The van der Waals surface area contributed by atoms with Gasteiger partial charge in [0.25, 0.3) is 0 Å². The molecule has 0 heterocycles. The molecule has 0 spiro atoms. The van der Waals surface area contributed by atoms with Crippen molar-refractivity contribution in [2.45, 2.75) is 0 Å². The van der Waals surface area contributed by atoms with Gasteiger partial charge in [0.2, 0.25) is 0 Å². The SMILES string of the molecule is [Co].[Cr].[Fe].[Mn].[Ni].[Sc].[Ti].[V]. The van der Waals surface area contributed by atoms with E-state index in [0.29, 0.717) is 0 Å². The Bertz CT molecular complexity index is 24.0. The molecule has 8 heavy (non-hydrogen) atoms. The normalized spacial score (nSPS) is 0. The minimum Gasteiger partial charge on any atom is 0 e. The molecule has 0 saturated carbocycles. The molecular weight excluding hydrogens is 424 g/mol. The second-order valence-electron chi connectivity index (χ2n) is 0. The van der Waals surface area contributed by atoms with E-state index in [1.807, 2.05) is 0 Å². The van der Waals surface area contributed by atoms with E-state index in [2.05, 4.69) is 0 Å². The van der Waals surface area contributed by atoms with Crippen LogP contribution in [0.4, 0.5) is 0 Å². The van der Waals surface area contributed by atoms with Crippen LogP contribution in [0.5, 0.6) is 0 Å². The van der Waals surface area contributed by atoms with E-state index in [0.717, 1.165) is 0 Å². The van der Waals surface area contributed by atoms with Crippen molar-refractivity contribution in [3.63, 3.8) is 0 Å². The molecule has 52 valence electrons. The summed E-state index contributed by atoms with van der Waals surface area (Å²) < 4.78 is 0. The third-order valence-corrected chi connectivity index (χ3v) is 0. The summed E-state index contributed by atoms with van der Waals surface area (Å²) in [5.41, 5.74) is 0. The van der Waals surface area contributed by atoms with Crippen LogP contribution < -0.4 is 0 Å². The van der Waals surface area contributed by atoms with Crippen LogP contribution in [0.25, 0.3) is 0 Å². The van der Waals surface area contributed by atoms with E-state index in [-0.39, 0.29) is 151 Å². The third kappa shape index (κ3) is 45.3. The fourth-order valence-corrected chi connectivity index (χ4v) is 0. The van der Waals surface area contributed by atoms with Gasteiger partial charge < -0.3 is 0 Å². The first-order valence-electron chi connectivity index (χ1n) is 0. The molecule has 0 nitrogen and oxygen atoms in total. The summed E-state index contributed by atoms with van der Waals surface area (Å²) in [5, 5.41) is 0. The van der Waals surface area contributed by atoms with Crippen molar-refractivity contribution in [3.05, 3.63) is 0 Å². The zero-order valence-corrected chi connectivity index (χ0v) is 13.7. The summed E-state index contributed by atoms with van der Waals surface area (Å²) >= 11 is 0. The molecule has 4 radical (unpaired) electrons. The smallest absolute Gasteiger partial charge is 0 e. The molecule has 0 aliphatic heterocycles. The minimum atomic E-state index is 0. The van der Waals surface area contributed by atoms with Crippen molar-refractivity contribution in [3.8, 4) is 0 Å². The second-order valence-corrected chi connectivity index (χ2v) is 0. The summed E-state index contributed by atoms with van der Waals surface area (Å²) in [5.74, 6) is 0. The Morgan fingerprint density at radius 1 is 1.00 bits per heavy atom. The third-order valence-electron chi connectivity index (χ3n) is 0. The van der Waals surface area contributed by atoms with Gasteiger partial charge in [-0.25, -0.2) is 0 Å². The number of rotatable bonds is 0. The Balaban J connectivity index is 0. The Morgan fingerprint density at radius 3 is 1.00 bits per heavy atom. The molecule has 0 amide bonds. The van der Waals surface area contributed by atoms with Crippen molar-refractivity contribution in [2.24, 2.45) is 0 Å². The van der Waals surface area contributed by atoms with E-state index in [1.54, 1.807) is 0 Å². The van der Waals surface area contributed by atoms with Crippen molar-refractivity contribution >= 4 is 0 Å². The summed E-state index contributed by atoms with van der Waals surface area (Å²) in [7, 11) is 0. The summed E-state index contributed by atoms with van der Waals surface area (Å²) in [6, 6.07) is 0. The molecule has 0 N–H and O–H groups in total. The van der Waals surface area contributed by atoms with Gasteiger partial charge in [0.1, 0.15) is 0 Å². The van der Waals surface area contributed by atoms with Gasteiger partial charge in [-0.15, -0.1) is 0 Å². The van der Waals surface area contributed by atoms with Crippen molar-refractivity contribution in [1.29, 1.82) is 0 Å². The summed E-state index contributed by atoms with van der Waals surface area (Å²) in [6.07, 6.45) is 0. The maximum Gasteiger partial charge on any atom is 0 e. The molecule has 0 fully saturated rings. The van der Waals surface area contributed by atoms with Crippen molar-refractivity contribution in [2.75, 3.05) is 0 Å². The van der Waals surface area contributed by atoms with E-state index < -0.39 is 0 Å². The standard InChI is InChI=1S/Co.Cr.Fe.Mn.Ni.Sc.Ti.V. The van der Waals surface area contributed by atoms with Gasteiger partial charge in [-0.2, -0.15) is 0 Å². The van der Waals surface area contributed by atoms with Gasteiger partial charge in [-0.3, -0.25) is 0 Å². The van der Waals surface area contributed by atoms with E-state index in [4.69, 9.17) is 0 Å². The molecule has 0 aliphatic rings. The second kappa shape index (κ2) is 60.3. The van der Waals surface area contributed by atoms with Gasteiger partial charge >= 0.3 is 0 Å². The topological polar surface area (TPSA) is 0 Å². The summed E-state index contributed by atoms with van der Waals surface area (Å²) in [4.78, 5) is 0. The molecule has 0 rings (SSSR count). The molecule has 8 heteroatoms. The van der Waals surface area contributed by atoms with Gasteiger partial charge in [0.05, 0.1) is 0 Å². The zero-order valence-electron chi connectivity index (χ0n) is 3.31. The van der Waals surface area contributed by atoms with Gasteiger partial charge in [-0.1, -0.05) is 0 Å². The van der Waals surface area contributed by atoms with Crippen molar-refractivity contribution < 1.29 is 151 Å². The summed E-state index contributed by atoms with van der Waals surface area (Å²) in [6.45, 7) is 0. The van der Waals surface area contributed by atoms with Crippen LogP contribution in [-0.4, -0.2) is 0 Å². The van der Waals surface area contributed by atoms with E-state index >= 15 is 0 Å². The van der Waals surface area contributed by atoms with Crippen LogP contribution in [0, 0.1) is 0 Å². The van der Waals surface area contributed by atoms with Crippen LogP contribution in [0.1, 0.15) is 0 Å². The van der Waals surface area contributed by atoms with Crippen LogP contribution >= 0.6 is 0 Å². The maximum absolute atomic E-state index is 0. The Labute approximate surface area is 148 Å². The molecule has 0 aromatic carbocycles. The van der Waals surface area contributed by atoms with Crippen LogP contribution in [0.2, 0.25) is 0 Å². The number of hydrogen-bond donors (Lipinski definition) is 0. The fourth-order valence-electron chi connectivity index (χ4n) is 0. The van der Waals surface area contributed by atoms with Gasteiger partial charge in [0, 0.05) is 151 Å². The van der Waals surface area contributed by atoms with Crippen LogP contribution in [0.15, 0.2) is 0 Å². The monoisotopic (exact) mass is 424 g/mol. The average Bonchev–Trinajstić information content (AvgIpc) is 0. The number of hydrogen-bond acceptors (Lipinski definition) is 0. The Morgan fingerprint density at radius 2 is 1.00 bits per heavy atom. The predicted octanol–water partition coefficient (Wildman–Crippen LogP) is -0.0200. The first-order valence-corrected chi connectivity index (χ1v) is 0. The predicted molar refractivity (Wildman–Crippen MR) is 0 cm³/mol. The quantitative estimate of drug-likeness (QED) is 0.480. The minimum absolute atomic E-state index is 0. The molecule has 0 aliphatic carbocycles. The van der Waals surface area contributed by atoms with Gasteiger partial charge in [0.15, 0.2) is 0 Å². The molecule has 0 saturated heterocycles. The molecule has 0 aromatic heterocycles. The largest absolute Gasteiger partial charge is 0 e. The fraction of sp³-hybridized carbons (Fsp3) is 0.